The Balaban J connectivity index is 2.93. The van der Waals surface area contributed by atoms with Gasteiger partial charge in [-0.15, -0.1) is 0 Å². The Morgan fingerprint density at radius 1 is 1.18 bits per heavy atom. The molecule has 0 aliphatic rings. The zero-order valence-corrected chi connectivity index (χ0v) is 12.7. The minimum atomic E-state index is -3.41. The van der Waals surface area contributed by atoms with Crippen molar-refractivity contribution in [2.75, 3.05) is 5.33 Å². The second kappa shape index (κ2) is 5.50. The molecule has 1 aromatic rings. The van der Waals surface area contributed by atoms with Gasteiger partial charge in [-0.2, -0.15) is 0 Å². The summed E-state index contributed by atoms with van der Waals surface area (Å²) in [6.45, 7) is 5.47. The lowest BCUT2D eigenvalue weighted by Gasteiger charge is -2.20. The number of hydrogen-bond donors (Lipinski definition) is 1. The number of aryl methyl sites for hydroxylation is 1. The molecule has 0 atom stereocenters. The molecule has 17 heavy (non-hydrogen) atoms. The van der Waals surface area contributed by atoms with Crippen LogP contribution >= 0.6 is 15.9 Å². The van der Waals surface area contributed by atoms with Gasteiger partial charge < -0.3 is 0 Å². The van der Waals surface area contributed by atoms with E-state index in [1.54, 1.807) is 12.1 Å². The maximum absolute atomic E-state index is 12.0. The maximum atomic E-state index is 12.0. The van der Waals surface area contributed by atoms with Gasteiger partial charge in [0.15, 0.2) is 0 Å². The molecule has 0 amide bonds. The van der Waals surface area contributed by atoms with Crippen molar-refractivity contribution in [1.82, 2.24) is 4.72 Å². The molecule has 1 rings (SSSR count). The van der Waals surface area contributed by atoms with Crippen molar-refractivity contribution >= 4 is 26.0 Å². The topological polar surface area (TPSA) is 46.2 Å². The Hall–Kier alpha value is -0.390. The molecule has 3 nitrogen and oxygen atoms in total. The van der Waals surface area contributed by atoms with Crippen molar-refractivity contribution in [3.63, 3.8) is 0 Å². The number of nitrogens with one attached hydrogen (secondary N) is 1. The number of halogens is 1. The lowest BCUT2D eigenvalue weighted by Crippen LogP contribution is -2.40. The average Bonchev–Trinajstić information content (AvgIpc) is 2.15. The summed E-state index contributed by atoms with van der Waals surface area (Å²) >= 11 is 3.35. The van der Waals surface area contributed by atoms with Gasteiger partial charge in [-0.05, 0) is 44.9 Å². The van der Waals surface area contributed by atoms with Crippen LogP contribution in [0.4, 0.5) is 0 Å². The van der Waals surface area contributed by atoms with Gasteiger partial charge in [0.05, 0.1) is 4.90 Å². The van der Waals surface area contributed by atoms with Crippen molar-refractivity contribution in [3.05, 3.63) is 29.8 Å². The predicted molar refractivity (Wildman–Crippen MR) is 74.0 cm³/mol. The average molecular weight is 320 g/mol. The van der Waals surface area contributed by atoms with E-state index in [1.165, 1.54) is 0 Å². The Bertz CT molecular complexity index is 460. The number of sulfonamides is 1. The second-order valence-electron chi connectivity index (χ2n) is 4.94. The molecule has 0 bridgehead atoms. The van der Waals surface area contributed by atoms with Crippen LogP contribution in [0.15, 0.2) is 29.2 Å². The molecule has 0 radical (unpaired) electrons. The summed E-state index contributed by atoms with van der Waals surface area (Å²) in [5.74, 6) is 0. The summed E-state index contributed by atoms with van der Waals surface area (Å²) in [7, 11) is -3.41. The molecule has 1 N–H and O–H groups in total. The first kappa shape index (κ1) is 14.7. The second-order valence-corrected chi connectivity index (χ2v) is 7.41. The van der Waals surface area contributed by atoms with E-state index in [2.05, 4.69) is 20.7 Å². The summed E-state index contributed by atoms with van der Waals surface area (Å²) in [5, 5.41) is 0.874. The quantitative estimate of drug-likeness (QED) is 0.867. The maximum Gasteiger partial charge on any atom is 0.241 e. The van der Waals surface area contributed by atoms with Gasteiger partial charge in [0.1, 0.15) is 0 Å². The highest BCUT2D eigenvalue weighted by molar-refractivity contribution is 9.09. The van der Waals surface area contributed by atoms with Crippen molar-refractivity contribution in [2.24, 2.45) is 0 Å². The predicted octanol–water partition coefficient (Wildman–Crippen LogP) is 2.70. The van der Waals surface area contributed by atoms with Crippen LogP contribution in [0.2, 0.25) is 0 Å². The lowest BCUT2D eigenvalue weighted by atomic mass is 10.1. The van der Waals surface area contributed by atoms with E-state index in [0.29, 0.717) is 4.90 Å². The smallest absolute Gasteiger partial charge is 0.207 e. The fourth-order valence-electron chi connectivity index (χ4n) is 1.41. The van der Waals surface area contributed by atoms with Crippen LogP contribution in [-0.2, 0) is 16.4 Å². The van der Waals surface area contributed by atoms with Crippen molar-refractivity contribution < 1.29 is 8.42 Å². The number of rotatable bonds is 4. The van der Waals surface area contributed by atoms with Gasteiger partial charge in [0.25, 0.3) is 0 Å². The molecular formula is C12H18BrNO2S. The zero-order valence-electron chi connectivity index (χ0n) is 10.3. The van der Waals surface area contributed by atoms with Crippen LogP contribution in [0.25, 0.3) is 0 Å². The summed E-state index contributed by atoms with van der Waals surface area (Å²) in [6.07, 6.45) is 0.896. The Morgan fingerprint density at radius 2 is 1.71 bits per heavy atom. The molecular weight excluding hydrogens is 302 g/mol. The van der Waals surface area contributed by atoms with Crippen LogP contribution in [0.1, 0.15) is 26.3 Å². The van der Waals surface area contributed by atoms with E-state index in [9.17, 15) is 8.42 Å². The zero-order chi connectivity index (χ0) is 13.1. The van der Waals surface area contributed by atoms with Crippen LogP contribution in [0.5, 0.6) is 0 Å². The Kier molecular flexibility index (Phi) is 4.75. The third-order valence-corrected chi connectivity index (χ3v) is 4.23. The summed E-state index contributed by atoms with van der Waals surface area (Å²) in [6, 6.07) is 6.98. The molecule has 0 saturated heterocycles. The first-order valence-corrected chi connectivity index (χ1v) is 8.04. The van der Waals surface area contributed by atoms with Crippen LogP contribution in [0.3, 0.4) is 0 Å². The highest BCUT2D eigenvalue weighted by Crippen LogP contribution is 2.14. The molecule has 96 valence electrons. The lowest BCUT2D eigenvalue weighted by molar-refractivity contribution is 0.491. The number of alkyl halides is 1. The highest BCUT2D eigenvalue weighted by atomic mass is 79.9. The van der Waals surface area contributed by atoms with E-state index in [-0.39, 0.29) is 0 Å². The number of benzene rings is 1. The SMILES string of the molecule is CC(C)(C)NS(=O)(=O)c1ccc(CCBr)cc1. The minimum Gasteiger partial charge on any atom is -0.207 e. The van der Waals surface area contributed by atoms with Gasteiger partial charge in [-0.3, -0.25) is 0 Å². The third-order valence-electron chi connectivity index (χ3n) is 2.06. The standard InChI is InChI=1S/C12H18BrNO2S/c1-12(2,3)14-17(15,16)11-6-4-10(5-7-11)8-9-13/h4-7,14H,8-9H2,1-3H3. The summed E-state index contributed by atoms with van der Waals surface area (Å²) in [5.41, 5.74) is 0.657. The van der Waals surface area contributed by atoms with Gasteiger partial charge in [-0.25, -0.2) is 13.1 Å². The van der Waals surface area contributed by atoms with E-state index < -0.39 is 15.6 Å². The molecule has 5 heteroatoms. The molecule has 0 saturated carbocycles. The summed E-state index contributed by atoms with van der Waals surface area (Å²) in [4.78, 5) is 0.311. The molecule has 0 aliphatic carbocycles. The van der Waals surface area contributed by atoms with Crippen LogP contribution in [0, 0.1) is 0 Å². The first-order valence-electron chi connectivity index (χ1n) is 5.43. The van der Waals surface area contributed by atoms with E-state index in [0.717, 1.165) is 17.3 Å². The molecule has 0 spiro atoms. The van der Waals surface area contributed by atoms with Gasteiger partial charge in [0.2, 0.25) is 10.0 Å². The van der Waals surface area contributed by atoms with Crippen LogP contribution in [-0.4, -0.2) is 19.3 Å². The monoisotopic (exact) mass is 319 g/mol. The fraction of sp³-hybridized carbons (Fsp3) is 0.500. The molecule has 0 aliphatic heterocycles. The molecule has 0 fully saturated rings. The minimum absolute atomic E-state index is 0.311. The Labute approximate surface area is 112 Å². The molecule has 0 heterocycles. The van der Waals surface area contributed by atoms with Crippen molar-refractivity contribution in [3.8, 4) is 0 Å². The molecule has 1 aromatic carbocycles. The number of hydrogen-bond acceptors (Lipinski definition) is 2. The molecule has 0 aromatic heterocycles. The normalized spacial score (nSPS) is 12.7. The van der Waals surface area contributed by atoms with Crippen molar-refractivity contribution in [2.45, 2.75) is 37.6 Å². The Morgan fingerprint density at radius 3 is 2.12 bits per heavy atom. The first-order chi connectivity index (χ1) is 7.74. The van der Waals surface area contributed by atoms with Gasteiger partial charge in [0, 0.05) is 10.9 Å². The molecule has 0 unspecified atom stereocenters. The third kappa shape index (κ3) is 4.77. The summed E-state index contributed by atoms with van der Waals surface area (Å²) < 4.78 is 26.6. The van der Waals surface area contributed by atoms with Gasteiger partial charge in [-0.1, -0.05) is 28.1 Å². The van der Waals surface area contributed by atoms with E-state index >= 15 is 0 Å². The van der Waals surface area contributed by atoms with Crippen molar-refractivity contribution in [1.29, 1.82) is 0 Å². The highest BCUT2D eigenvalue weighted by Gasteiger charge is 2.21. The van der Waals surface area contributed by atoms with E-state index in [4.69, 9.17) is 0 Å². The largest absolute Gasteiger partial charge is 0.241 e. The fourth-order valence-corrected chi connectivity index (χ4v) is 3.28. The van der Waals surface area contributed by atoms with E-state index in [1.807, 2.05) is 32.9 Å². The van der Waals surface area contributed by atoms with Crippen LogP contribution < -0.4 is 4.72 Å². The van der Waals surface area contributed by atoms with Gasteiger partial charge >= 0.3 is 0 Å².